The van der Waals surface area contributed by atoms with E-state index in [0.717, 1.165) is 0 Å². The lowest BCUT2D eigenvalue weighted by atomic mass is 10.8. The molecule has 0 unspecified atom stereocenters. The molecular weight excluding hydrogens is 141 g/mol. The Morgan fingerprint density at radius 2 is 1.57 bits per heavy atom. The predicted molar refractivity (Wildman–Crippen MR) is 28.8 cm³/mol. The highest BCUT2D eigenvalue weighted by Gasteiger charge is 2.15. The Morgan fingerprint density at radius 1 is 1.43 bits per heavy atom. The van der Waals surface area contributed by atoms with Gasteiger partial charge in [-0.05, 0) is 0 Å². The van der Waals surface area contributed by atoms with Crippen molar-refractivity contribution in [2.24, 2.45) is 0 Å². The molecule has 0 aromatic carbocycles. The summed E-state index contributed by atoms with van der Waals surface area (Å²) in [7, 11) is 0. The number of aliphatic hydroxyl groups excluding tert-OH is 1. The van der Waals surface area contributed by atoms with Gasteiger partial charge in [-0.15, -0.1) is 0 Å². The van der Waals surface area contributed by atoms with E-state index in [1.54, 1.807) is 0 Å². The highest BCUT2D eigenvalue weighted by atomic mass is 35.5. The lowest BCUT2D eigenvalue weighted by molar-refractivity contribution is 0.124. The third-order valence-electron chi connectivity index (χ3n) is 0.190. The first-order valence-corrected chi connectivity index (χ1v) is 2.03. The van der Waals surface area contributed by atoms with Crippen molar-refractivity contribution in [1.29, 1.82) is 0 Å². The Balaban J connectivity index is 0. The Morgan fingerprint density at radius 3 is 1.57 bits per heavy atom. The van der Waals surface area contributed by atoms with Crippen molar-refractivity contribution < 1.29 is 10.2 Å². The van der Waals surface area contributed by atoms with Gasteiger partial charge in [0.25, 0.3) is 0 Å². The molecule has 0 rings (SSSR count). The smallest absolute Gasteiger partial charge is 0.238 e. The number of aliphatic hydroxyl groups is 2. The zero-order chi connectivity index (χ0) is 5.21. The number of rotatable bonds is 1. The summed E-state index contributed by atoms with van der Waals surface area (Å²) >= 11 is 9.58. The molecule has 0 fully saturated rings. The van der Waals surface area contributed by atoms with Crippen molar-refractivity contribution in [2.75, 3.05) is 6.61 Å². The van der Waals surface area contributed by atoms with Gasteiger partial charge in [0.1, 0.15) is 6.61 Å². The van der Waals surface area contributed by atoms with E-state index >= 15 is 0 Å². The molecule has 0 aliphatic rings. The summed E-state index contributed by atoms with van der Waals surface area (Å²) in [5, 5.41) is 16.0. The quantitative estimate of drug-likeness (QED) is 0.467. The molecule has 5 N–H and O–H groups in total. The zero-order valence-corrected chi connectivity index (χ0v) is 5.08. The zero-order valence-electron chi connectivity index (χ0n) is 3.56. The van der Waals surface area contributed by atoms with Gasteiger partial charge in [-0.1, -0.05) is 23.2 Å². The maximum absolute atomic E-state index is 8.11. The van der Waals surface area contributed by atoms with Gasteiger partial charge in [0.05, 0.1) is 0 Å². The van der Waals surface area contributed by atoms with Crippen LogP contribution in [0, 0.1) is 0 Å². The van der Waals surface area contributed by atoms with E-state index < -0.39 is 11.1 Å². The maximum atomic E-state index is 8.11. The Bertz CT molecular complexity index is 43.4. The lowest BCUT2D eigenvalue weighted by Gasteiger charge is -2.03. The molecule has 0 aliphatic heterocycles. The molecular formula is C2H7Cl2NO2. The molecule has 0 aromatic heterocycles. The first-order chi connectivity index (χ1) is 2.56. The van der Waals surface area contributed by atoms with Crippen LogP contribution in [0.1, 0.15) is 0 Å². The number of alkyl halides is 2. The van der Waals surface area contributed by atoms with E-state index in [2.05, 4.69) is 0 Å². The average Bonchev–Trinajstić information content (AvgIpc) is 1.35. The molecule has 0 amide bonds. The van der Waals surface area contributed by atoms with Gasteiger partial charge in [-0.25, -0.2) is 0 Å². The van der Waals surface area contributed by atoms with E-state index in [-0.39, 0.29) is 6.15 Å². The molecule has 0 heterocycles. The Kier molecular flexibility index (Phi) is 5.16. The van der Waals surface area contributed by atoms with Crippen molar-refractivity contribution in [3.8, 4) is 0 Å². The molecule has 0 radical (unpaired) electrons. The highest BCUT2D eigenvalue weighted by molar-refractivity contribution is 6.47. The van der Waals surface area contributed by atoms with Crippen molar-refractivity contribution in [3.05, 3.63) is 0 Å². The minimum atomic E-state index is -1.96. The molecule has 0 aliphatic carbocycles. The van der Waals surface area contributed by atoms with Gasteiger partial charge in [0.15, 0.2) is 0 Å². The minimum absolute atomic E-state index is 0. The van der Waals surface area contributed by atoms with E-state index in [0.29, 0.717) is 0 Å². The molecule has 0 aromatic rings. The van der Waals surface area contributed by atoms with Crippen LogP contribution in [-0.4, -0.2) is 21.3 Å². The van der Waals surface area contributed by atoms with Gasteiger partial charge in [-0.2, -0.15) is 0 Å². The predicted octanol–water partition coefficient (Wildman–Crippen LogP) is 0.264. The summed E-state index contributed by atoms with van der Waals surface area (Å²) in [6.45, 7) is -0.643. The molecule has 7 heavy (non-hydrogen) atoms. The first kappa shape index (κ1) is 10.4. The van der Waals surface area contributed by atoms with Crippen LogP contribution in [0.25, 0.3) is 0 Å². The fraction of sp³-hybridized carbons (Fsp3) is 1.00. The van der Waals surface area contributed by atoms with Gasteiger partial charge in [0, 0.05) is 0 Å². The Hall–Kier alpha value is 0.460. The van der Waals surface area contributed by atoms with Crippen LogP contribution in [0.3, 0.4) is 0 Å². The molecule has 0 saturated carbocycles. The summed E-state index contributed by atoms with van der Waals surface area (Å²) in [6, 6.07) is 0. The second-order valence-corrected chi connectivity index (χ2v) is 2.27. The standard InChI is InChI=1S/C2H4Cl2O2.H3N/c3-2(4,6)1-5;/h5-6H,1H2;1H3. The topological polar surface area (TPSA) is 75.5 Å². The minimum Gasteiger partial charge on any atom is -0.391 e. The van der Waals surface area contributed by atoms with E-state index in [4.69, 9.17) is 33.4 Å². The average molecular weight is 148 g/mol. The summed E-state index contributed by atoms with van der Waals surface area (Å²) in [6.07, 6.45) is 0. The maximum Gasteiger partial charge on any atom is 0.238 e. The van der Waals surface area contributed by atoms with Gasteiger partial charge in [-0.3, -0.25) is 0 Å². The number of halogens is 2. The normalized spacial score (nSPS) is 10.3. The SMILES string of the molecule is N.OCC(O)(Cl)Cl. The van der Waals surface area contributed by atoms with Crippen LogP contribution >= 0.6 is 23.2 Å². The van der Waals surface area contributed by atoms with Crippen molar-refractivity contribution in [2.45, 2.75) is 4.52 Å². The molecule has 0 saturated heterocycles. The number of hydrogen-bond donors (Lipinski definition) is 3. The Labute approximate surface area is 51.4 Å². The van der Waals surface area contributed by atoms with Crippen LogP contribution < -0.4 is 6.15 Å². The largest absolute Gasteiger partial charge is 0.391 e. The third-order valence-corrected chi connectivity index (χ3v) is 0.429. The van der Waals surface area contributed by atoms with Gasteiger partial charge in [0.2, 0.25) is 4.52 Å². The lowest BCUT2D eigenvalue weighted by Crippen LogP contribution is -2.15. The van der Waals surface area contributed by atoms with E-state index in [9.17, 15) is 0 Å². The summed E-state index contributed by atoms with van der Waals surface area (Å²) in [5.41, 5.74) is 0. The summed E-state index contributed by atoms with van der Waals surface area (Å²) in [5.74, 6) is 0. The van der Waals surface area contributed by atoms with Gasteiger partial charge < -0.3 is 16.4 Å². The molecule has 0 atom stereocenters. The fourth-order valence-electron chi connectivity index (χ4n) is 0. The van der Waals surface area contributed by atoms with Crippen LogP contribution in [0.2, 0.25) is 0 Å². The summed E-state index contributed by atoms with van der Waals surface area (Å²) in [4.78, 5) is 0. The van der Waals surface area contributed by atoms with E-state index in [1.807, 2.05) is 0 Å². The van der Waals surface area contributed by atoms with E-state index in [1.165, 1.54) is 0 Å². The van der Waals surface area contributed by atoms with Crippen LogP contribution in [-0.2, 0) is 0 Å². The fourth-order valence-corrected chi connectivity index (χ4v) is 0. The second kappa shape index (κ2) is 3.46. The second-order valence-electron chi connectivity index (χ2n) is 0.824. The van der Waals surface area contributed by atoms with Gasteiger partial charge >= 0.3 is 0 Å². The highest BCUT2D eigenvalue weighted by Crippen LogP contribution is 2.13. The monoisotopic (exact) mass is 147 g/mol. The molecule has 0 bridgehead atoms. The molecule has 46 valence electrons. The number of hydrogen-bond acceptors (Lipinski definition) is 3. The van der Waals surface area contributed by atoms with Crippen LogP contribution in [0.4, 0.5) is 0 Å². The molecule has 5 heteroatoms. The molecule has 3 nitrogen and oxygen atoms in total. The third kappa shape index (κ3) is 10.7. The van der Waals surface area contributed by atoms with Crippen molar-refractivity contribution >= 4 is 23.2 Å². The molecule has 0 spiro atoms. The van der Waals surface area contributed by atoms with Crippen molar-refractivity contribution in [3.63, 3.8) is 0 Å². The van der Waals surface area contributed by atoms with Crippen LogP contribution in [0.15, 0.2) is 0 Å². The first-order valence-electron chi connectivity index (χ1n) is 1.27. The summed E-state index contributed by atoms with van der Waals surface area (Å²) < 4.78 is -1.96. The van der Waals surface area contributed by atoms with Crippen LogP contribution in [0.5, 0.6) is 0 Å². The van der Waals surface area contributed by atoms with Crippen molar-refractivity contribution in [1.82, 2.24) is 6.15 Å².